The molecule has 20 heavy (non-hydrogen) atoms. The highest BCUT2D eigenvalue weighted by atomic mass is 32.1. The summed E-state index contributed by atoms with van der Waals surface area (Å²) in [6, 6.07) is -0.0107. The van der Waals surface area contributed by atoms with Crippen LogP contribution in [0.3, 0.4) is 0 Å². The first kappa shape index (κ1) is 13.5. The number of aromatic nitrogens is 1. The van der Waals surface area contributed by atoms with Gasteiger partial charge < -0.3 is 16.0 Å². The number of piperidine rings is 1. The maximum absolute atomic E-state index is 12.6. The first-order valence-corrected chi connectivity index (χ1v) is 7.82. The van der Waals surface area contributed by atoms with Crippen molar-refractivity contribution in [3.8, 4) is 0 Å². The van der Waals surface area contributed by atoms with Crippen molar-refractivity contribution in [3.63, 3.8) is 0 Å². The molecule has 0 saturated carbocycles. The first-order valence-electron chi connectivity index (χ1n) is 6.94. The van der Waals surface area contributed by atoms with Gasteiger partial charge in [-0.1, -0.05) is 0 Å². The van der Waals surface area contributed by atoms with E-state index in [9.17, 15) is 9.59 Å². The van der Waals surface area contributed by atoms with Gasteiger partial charge in [0.15, 0.2) is 0 Å². The monoisotopic (exact) mass is 294 g/mol. The van der Waals surface area contributed by atoms with Crippen LogP contribution in [-0.2, 0) is 11.2 Å². The van der Waals surface area contributed by atoms with Crippen molar-refractivity contribution in [2.24, 2.45) is 11.7 Å². The number of nitrogens with zero attached hydrogens (tertiary/aromatic N) is 2. The molecule has 1 aromatic heterocycles. The molecule has 108 valence electrons. The van der Waals surface area contributed by atoms with E-state index < -0.39 is 0 Å². The maximum Gasteiger partial charge on any atom is 0.273 e. The molecule has 2 aliphatic heterocycles. The summed E-state index contributed by atoms with van der Waals surface area (Å²) in [5.41, 5.74) is 5.98. The Morgan fingerprint density at radius 3 is 3.25 bits per heavy atom. The zero-order valence-corrected chi connectivity index (χ0v) is 12.0. The van der Waals surface area contributed by atoms with Gasteiger partial charge in [-0.25, -0.2) is 4.98 Å². The zero-order valence-electron chi connectivity index (χ0n) is 11.2. The van der Waals surface area contributed by atoms with Gasteiger partial charge >= 0.3 is 0 Å². The van der Waals surface area contributed by atoms with Gasteiger partial charge in [0.25, 0.3) is 5.91 Å². The van der Waals surface area contributed by atoms with Gasteiger partial charge in [-0.05, 0) is 19.4 Å². The molecule has 2 fully saturated rings. The third kappa shape index (κ3) is 2.31. The average molecular weight is 294 g/mol. The number of thiazole rings is 1. The Bertz CT molecular complexity index is 530. The molecule has 3 N–H and O–H groups in total. The first-order chi connectivity index (χ1) is 9.70. The second-order valence-electron chi connectivity index (χ2n) is 5.22. The summed E-state index contributed by atoms with van der Waals surface area (Å²) in [4.78, 5) is 30.5. The smallest absolute Gasteiger partial charge is 0.273 e. The molecule has 2 aliphatic rings. The molecule has 6 nitrogen and oxygen atoms in total. The van der Waals surface area contributed by atoms with Crippen LogP contribution in [0.4, 0.5) is 0 Å². The topological polar surface area (TPSA) is 88.3 Å². The van der Waals surface area contributed by atoms with Crippen molar-refractivity contribution >= 4 is 23.2 Å². The van der Waals surface area contributed by atoms with E-state index >= 15 is 0 Å². The van der Waals surface area contributed by atoms with Crippen molar-refractivity contribution < 1.29 is 9.59 Å². The minimum atomic E-state index is -0.0595. The molecule has 0 radical (unpaired) electrons. The minimum absolute atomic E-state index is 0.0107. The number of carbonyl (C=O) groups is 2. The van der Waals surface area contributed by atoms with Crippen molar-refractivity contribution in [3.05, 3.63) is 16.1 Å². The molecular formula is C13H18N4O2S. The van der Waals surface area contributed by atoms with Gasteiger partial charge in [0.2, 0.25) is 5.91 Å². The molecular weight excluding hydrogens is 276 g/mol. The van der Waals surface area contributed by atoms with Crippen LogP contribution >= 0.6 is 11.3 Å². The Morgan fingerprint density at radius 1 is 1.60 bits per heavy atom. The molecule has 7 heteroatoms. The fourth-order valence-corrected chi connectivity index (χ4v) is 3.79. The Hall–Kier alpha value is -1.47. The van der Waals surface area contributed by atoms with E-state index in [1.807, 2.05) is 4.90 Å². The Kier molecular flexibility index (Phi) is 3.71. The molecule has 0 aliphatic carbocycles. The number of amides is 2. The summed E-state index contributed by atoms with van der Waals surface area (Å²) in [6.45, 7) is 1.81. The van der Waals surface area contributed by atoms with Crippen molar-refractivity contribution in [1.82, 2.24) is 15.2 Å². The third-order valence-electron chi connectivity index (χ3n) is 3.99. The standard InChI is InChI=1S/C13H18N4O2S/c14-4-3-11-16-9(7-20-11)13(19)17-5-1-2-8-10(17)6-15-12(8)18/h7-8,10H,1-6,14H2,(H,15,18). The van der Waals surface area contributed by atoms with Crippen molar-refractivity contribution in [1.29, 1.82) is 0 Å². The summed E-state index contributed by atoms with van der Waals surface area (Å²) in [5, 5.41) is 5.54. The Morgan fingerprint density at radius 2 is 2.45 bits per heavy atom. The quantitative estimate of drug-likeness (QED) is 0.821. The lowest BCUT2D eigenvalue weighted by molar-refractivity contribution is -0.123. The number of hydrogen-bond donors (Lipinski definition) is 2. The number of carbonyl (C=O) groups excluding carboxylic acids is 2. The van der Waals surface area contributed by atoms with Gasteiger partial charge in [0.1, 0.15) is 5.69 Å². The molecule has 2 unspecified atom stereocenters. The van der Waals surface area contributed by atoms with E-state index in [0.717, 1.165) is 17.8 Å². The lowest BCUT2D eigenvalue weighted by Crippen LogP contribution is -2.48. The van der Waals surface area contributed by atoms with Crippen LogP contribution < -0.4 is 11.1 Å². The van der Waals surface area contributed by atoms with E-state index in [0.29, 0.717) is 31.7 Å². The van der Waals surface area contributed by atoms with Crippen LogP contribution in [0, 0.1) is 5.92 Å². The van der Waals surface area contributed by atoms with Gasteiger partial charge in [0, 0.05) is 24.9 Å². The van der Waals surface area contributed by atoms with Gasteiger partial charge in [0.05, 0.1) is 17.0 Å². The molecule has 1 aromatic rings. The van der Waals surface area contributed by atoms with Crippen LogP contribution in [0.2, 0.25) is 0 Å². The van der Waals surface area contributed by atoms with E-state index in [2.05, 4.69) is 10.3 Å². The van der Waals surface area contributed by atoms with Gasteiger partial charge in [-0.2, -0.15) is 0 Å². The molecule has 2 amide bonds. The Labute approximate surface area is 121 Å². The minimum Gasteiger partial charge on any atom is -0.354 e. The van der Waals surface area contributed by atoms with E-state index in [1.54, 1.807) is 5.38 Å². The van der Waals surface area contributed by atoms with E-state index in [-0.39, 0.29) is 23.8 Å². The number of hydrogen-bond acceptors (Lipinski definition) is 5. The number of nitrogens with one attached hydrogen (secondary N) is 1. The normalized spacial score (nSPS) is 25.4. The highest BCUT2D eigenvalue weighted by molar-refractivity contribution is 7.09. The molecule has 0 aromatic carbocycles. The fraction of sp³-hybridized carbons (Fsp3) is 0.615. The van der Waals surface area contributed by atoms with Crippen LogP contribution in [0.25, 0.3) is 0 Å². The highest BCUT2D eigenvalue weighted by Crippen LogP contribution is 2.28. The number of rotatable bonds is 3. The van der Waals surface area contributed by atoms with Crippen LogP contribution in [-0.4, -0.2) is 47.4 Å². The van der Waals surface area contributed by atoms with Gasteiger partial charge in [-0.15, -0.1) is 11.3 Å². The van der Waals surface area contributed by atoms with E-state index in [4.69, 9.17) is 5.73 Å². The molecule has 2 saturated heterocycles. The lowest BCUT2D eigenvalue weighted by Gasteiger charge is -2.35. The number of fused-ring (bicyclic) bond motifs is 1. The van der Waals surface area contributed by atoms with Gasteiger partial charge in [-0.3, -0.25) is 9.59 Å². The number of nitrogens with two attached hydrogens (primary N) is 1. The zero-order chi connectivity index (χ0) is 14.1. The largest absolute Gasteiger partial charge is 0.354 e. The maximum atomic E-state index is 12.6. The van der Waals surface area contributed by atoms with Crippen LogP contribution in [0.5, 0.6) is 0 Å². The van der Waals surface area contributed by atoms with Crippen LogP contribution in [0.1, 0.15) is 28.3 Å². The predicted octanol–water partition coefficient (Wildman–Crippen LogP) is -0.00510. The summed E-state index contributed by atoms with van der Waals surface area (Å²) in [6.07, 6.45) is 2.44. The fourth-order valence-electron chi connectivity index (χ4n) is 3.00. The SMILES string of the molecule is NCCc1nc(C(=O)N2CCCC3C(=O)NCC32)cs1. The molecule has 0 bridgehead atoms. The number of likely N-dealkylation sites (tertiary alicyclic amines) is 1. The predicted molar refractivity (Wildman–Crippen MR) is 75.4 cm³/mol. The highest BCUT2D eigenvalue weighted by Gasteiger charge is 2.43. The van der Waals surface area contributed by atoms with Crippen LogP contribution in [0.15, 0.2) is 5.38 Å². The molecule has 3 rings (SSSR count). The van der Waals surface area contributed by atoms with E-state index in [1.165, 1.54) is 11.3 Å². The summed E-state index contributed by atoms with van der Waals surface area (Å²) in [7, 11) is 0. The summed E-state index contributed by atoms with van der Waals surface area (Å²) < 4.78 is 0. The Balaban J connectivity index is 1.77. The molecule has 2 atom stereocenters. The molecule has 3 heterocycles. The third-order valence-corrected chi connectivity index (χ3v) is 4.90. The second kappa shape index (κ2) is 5.49. The van der Waals surface area contributed by atoms with Crippen molar-refractivity contribution in [2.75, 3.05) is 19.6 Å². The lowest BCUT2D eigenvalue weighted by atomic mass is 9.91. The molecule has 0 spiro atoms. The summed E-state index contributed by atoms with van der Waals surface area (Å²) in [5.74, 6) is -0.0276. The van der Waals surface area contributed by atoms with Crippen molar-refractivity contribution in [2.45, 2.75) is 25.3 Å². The average Bonchev–Trinajstić information content (AvgIpc) is 3.06. The summed E-state index contributed by atoms with van der Waals surface area (Å²) >= 11 is 1.47. The second-order valence-corrected chi connectivity index (χ2v) is 6.17.